The molecular formula is C18H20ClN3O2S. The minimum absolute atomic E-state index is 0.187. The van der Waals surface area contributed by atoms with Gasteiger partial charge in [0.1, 0.15) is 6.04 Å². The van der Waals surface area contributed by atoms with Gasteiger partial charge in [-0.05, 0) is 24.8 Å². The van der Waals surface area contributed by atoms with Gasteiger partial charge in [0.05, 0.1) is 5.69 Å². The minimum Gasteiger partial charge on any atom is -0.344 e. The molecule has 1 fully saturated rings. The molecule has 1 atom stereocenters. The van der Waals surface area contributed by atoms with Crippen LogP contribution in [0.5, 0.6) is 0 Å². The van der Waals surface area contributed by atoms with Crippen LogP contribution < -0.4 is 10.6 Å². The molecule has 2 amide bonds. The van der Waals surface area contributed by atoms with Crippen LogP contribution in [-0.2, 0) is 9.59 Å². The van der Waals surface area contributed by atoms with Crippen LogP contribution in [0, 0.1) is 5.92 Å². The number of nitrogens with one attached hydrogen (secondary N) is 2. The number of carbonyl (C=O) groups is 2. The van der Waals surface area contributed by atoms with Crippen molar-refractivity contribution in [2.45, 2.75) is 38.6 Å². The van der Waals surface area contributed by atoms with Crippen LogP contribution in [-0.4, -0.2) is 22.8 Å². The first-order valence-electron chi connectivity index (χ1n) is 8.33. The van der Waals surface area contributed by atoms with Crippen LogP contribution in [0.2, 0.25) is 5.02 Å². The van der Waals surface area contributed by atoms with Crippen molar-refractivity contribution in [1.29, 1.82) is 0 Å². The summed E-state index contributed by atoms with van der Waals surface area (Å²) in [6.45, 7) is 1.44. The monoisotopic (exact) mass is 377 g/mol. The molecule has 1 aromatic heterocycles. The van der Waals surface area contributed by atoms with Crippen LogP contribution >= 0.6 is 22.9 Å². The van der Waals surface area contributed by atoms with E-state index in [4.69, 9.17) is 11.6 Å². The number of carbonyl (C=O) groups excluding carboxylic acids is 2. The van der Waals surface area contributed by atoms with E-state index < -0.39 is 6.04 Å². The fraction of sp³-hybridized carbons (Fsp3) is 0.389. The molecule has 1 unspecified atom stereocenters. The predicted molar refractivity (Wildman–Crippen MR) is 101 cm³/mol. The molecule has 0 bridgehead atoms. The fourth-order valence-corrected chi connectivity index (χ4v) is 4.16. The largest absolute Gasteiger partial charge is 0.344 e. The van der Waals surface area contributed by atoms with E-state index >= 15 is 0 Å². The Morgan fingerprint density at radius 1 is 1.28 bits per heavy atom. The normalized spacial score (nSPS) is 15.8. The molecule has 1 aliphatic rings. The lowest BCUT2D eigenvalue weighted by molar-refractivity contribution is -0.126. The average molecular weight is 378 g/mol. The van der Waals surface area contributed by atoms with E-state index in [1.807, 2.05) is 23.6 Å². The summed E-state index contributed by atoms with van der Waals surface area (Å²) in [5.74, 6) is -0.211. The van der Waals surface area contributed by atoms with E-state index in [0.717, 1.165) is 36.9 Å². The molecule has 5 nitrogen and oxygen atoms in total. The highest BCUT2D eigenvalue weighted by Gasteiger charge is 2.31. The van der Waals surface area contributed by atoms with Gasteiger partial charge in [-0.2, -0.15) is 0 Å². The SMILES string of the molecule is CC(=O)NC(C(=O)Nc1nc(-c2ccccc2Cl)cs1)C1CCCC1. The summed E-state index contributed by atoms with van der Waals surface area (Å²) in [5, 5.41) is 8.63. The molecule has 0 spiro atoms. The van der Waals surface area contributed by atoms with Crippen molar-refractivity contribution in [3.8, 4) is 11.3 Å². The van der Waals surface area contributed by atoms with E-state index in [-0.39, 0.29) is 17.7 Å². The maximum absolute atomic E-state index is 12.7. The summed E-state index contributed by atoms with van der Waals surface area (Å²) in [6, 6.07) is 6.95. The van der Waals surface area contributed by atoms with Crippen LogP contribution in [0.1, 0.15) is 32.6 Å². The fourth-order valence-electron chi connectivity index (χ4n) is 3.21. The van der Waals surface area contributed by atoms with E-state index in [1.165, 1.54) is 18.3 Å². The Kier molecular flexibility index (Phi) is 5.71. The summed E-state index contributed by atoms with van der Waals surface area (Å²) in [4.78, 5) is 28.6. The number of anilines is 1. The Morgan fingerprint density at radius 2 is 2.00 bits per heavy atom. The van der Waals surface area contributed by atoms with Gasteiger partial charge in [0.2, 0.25) is 11.8 Å². The number of rotatable bonds is 5. The maximum atomic E-state index is 12.7. The second kappa shape index (κ2) is 7.97. The molecule has 0 radical (unpaired) electrons. The van der Waals surface area contributed by atoms with Gasteiger partial charge >= 0.3 is 0 Å². The van der Waals surface area contributed by atoms with E-state index in [9.17, 15) is 9.59 Å². The number of amides is 2. The quantitative estimate of drug-likeness (QED) is 0.824. The molecular weight excluding hydrogens is 358 g/mol. The topological polar surface area (TPSA) is 71.1 Å². The summed E-state index contributed by atoms with van der Waals surface area (Å²) >= 11 is 7.54. The van der Waals surface area contributed by atoms with Gasteiger partial charge in [-0.3, -0.25) is 9.59 Å². The smallest absolute Gasteiger partial charge is 0.249 e. The Balaban J connectivity index is 1.73. The van der Waals surface area contributed by atoms with Crippen molar-refractivity contribution in [2.75, 3.05) is 5.32 Å². The Labute approximate surface area is 155 Å². The summed E-state index contributed by atoms with van der Waals surface area (Å²) in [6.07, 6.45) is 4.12. The van der Waals surface area contributed by atoms with Gasteiger partial charge in [-0.1, -0.05) is 42.6 Å². The van der Waals surface area contributed by atoms with Crippen molar-refractivity contribution in [3.05, 3.63) is 34.7 Å². The summed E-state index contributed by atoms with van der Waals surface area (Å²) in [7, 11) is 0. The lowest BCUT2D eigenvalue weighted by atomic mass is 9.97. The second-order valence-corrected chi connectivity index (χ2v) is 7.50. The lowest BCUT2D eigenvalue weighted by Gasteiger charge is -2.22. The van der Waals surface area contributed by atoms with Gasteiger partial charge in [0.15, 0.2) is 5.13 Å². The average Bonchev–Trinajstić information content (AvgIpc) is 3.24. The molecule has 1 heterocycles. The Morgan fingerprint density at radius 3 is 2.68 bits per heavy atom. The van der Waals surface area contributed by atoms with Gasteiger partial charge in [-0.15, -0.1) is 11.3 Å². The van der Waals surface area contributed by atoms with E-state index in [1.54, 1.807) is 6.07 Å². The number of hydrogen-bond acceptors (Lipinski definition) is 4. The zero-order chi connectivity index (χ0) is 17.8. The molecule has 132 valence electrons. The zero-order valence-electron chi connectivity index (χ0n) is 13.9. The first-order chi connectivity index (χ1) is 12.0. The standard InChI is InChI=1S/C18H20ClN3O2S/c1-11(23)20-16(12-6-2-3-7-12)17(24)22-18-21-15(10-25-18)13-8-4-5-9-14(13)19/h4-5,8-10,12,16H,2-3,6-7H2,1H3,(H,20,23)(H,21,22,24). The highest BCUT2D eigenvalue weighted by Crippen LogP contribution is 2.31. The number of thiazole rings is 1. The molecule has 1 aromatic carbocycles. The van der Waals surface area contributed by atoms with E-state index in [0.29, 0.717) is 10.2 Å². The molecule has 2 N–H and O–H groups in total. The minimum atomic E-state index is -0.507. The molecule has 1 aliphatic carbocycles. The lowest BCUT2D eigenvalue weighted by Crippen LogP contribution is -2.47. The third kappa shape index (κ3) is 4.38. The number of benzene rings is 1. The first kappa shape index (κ1) is 17.9. The summed E-state index contributed by atoms with van der Waals surface area (Å²) < 4.78 is 0. The number of nitrogens with zero attached hydrogens (tertiary/aromatic N) is 1. The molecule has 25 heavy (non-hydrogen) atoms. The van der Waals surface area contributed by atoms with Gasteiger partial charge < -0.3 is 10.6 Å². The van der Waals surface area contributed by atoms with Crippen LogP contribution in [0.15, 0.2) is 29.6 Å². The van der Waals surface area contributed by atoms with Gasteiger partial charge in [-0.25, -0.2) is 4.98 Å². The zero-order valence-corrected chi connectivity index (χ0v) is 15.5. The molecule has 3 rings (SSSR count). The Bertz CT molecular complexity index is 771. The second-order valence-electron chi connectivity index (χ2n) is 6.23. The molecule has 0 saturated heterocycles. The number of hydrogen-bond donors (Lipinski definition) is 2. The number of aromatic nitrogens is 1. The van der Waals surface area contributed by atoms with Gasteiger partial charge in [0, 0.05) is 22.9 Å². The van der Waals surface area contributed by atoms with Crippen molar-refractivity contribution in [3.63, 3.8) is 0 Å². The molecule has 1 saturated carbocycles. The van der Waals surface area contributed by atoms with Gasteiger partial charge in [0.25, 0.3) is 0 Å². The highest BCUT2D eigenvalue weighted by atomic mass is 35.5. The van der Waals surface area contributed by atoms with Crippen molar-refractivity contribution in [2.24, 2.45) is 5.92 Å². The number of halogens is 1. The molecule has 2 aromatic rings. The maximum Gasteiger partial charge on any atom is 0.249 e. The van der Waals surface area contributed by atoms with Crippen molar-refractivity contribution >= 4 is 39.9 Å². The van der Waals surface area contributed by atoms with Crippen LogP contribution in [0.3, 0.4) is 0 Å². The third-order valence-electron chi connectivity index (χ3n) is 4.40. The molecule has 7 heteroatoms. The highest BCUT2D eigenvalue weighted by molar-refractivity contribution is 7.14. The first-order valence-corrected chi connectivity index (χ1v) is 9.59. The van der Waals surface area contributed by atoms with E-state index in [2.05, 4.69) is 15.6 Å². The summed E-state index contributed by atoms with van der Waals surface area (Å²) in [5.41, 5.74) is 1.55. The Hall–Kier alpha value is -1.92. The third-order valence-corrected chi connectivity index (χ3v) is 5.48. The molecule has 0 aliphatic heterocycles. The van der Waals surface area contributed by atoms with Crippen molar-refractivity contribution < 1.29 is 9.59 Å². The van der Waals surface area contributed by atoms with Crippen LogP contribution in [0.4, 0.5) is 5.13 Å². The predicted octanol–water partition coefficient (Wildman–Crippen LogP) is 4.10. The van der Waals surface area contributed by atoms with Crippen LogP contribution in [0.25, 0.3) is 11.3 Å². The van der Waals surface area contributed by atoms with Crippen molar-refractivity contribution in [1.82, 2.24) is 10.3 Å².